The zero-order chi connectivity index (χ0) is 22.6. The topological polar surface area (TPSA) is 121 Å². The number of rotatable bonds is 7. The molecule has 1 saturated carbocycles. The van der Waals surface area contributed by atoms with Gasteiger partial charge in [-0.1, -0.05) is 11.6 Å². The lowest BCUT2D eigenvalue weighted by Gasteiger charge is -2.29. The molecule has 1 saturated heterocycles. The molecule has 0 aromatic carbocycles. The Hall–Kier alpha value is -3.12. The Morgan fingerprint density at radius 1 is 1.24 bits per heavy atom. The average molecular weight is 449 g/mol. The molecule has 0 bridgehead atoms. The number of piperidine rings is 1. The Bertz CT molecular complexity index is 1160. The third-order valence-electron chi connectivity index (χ3n) is 7.08. The third kappa shape index (κ3) is 4.67. The molecule has 9 nitrogen and oxygen atoms in total. The highest BCUT2D eigenvalue weighted by Crippen LogP contribution is 2.38. The molecule has 3 N–H and O–H groups in total. The van der Waals surface area contributed by atoms with Crippen molar-refractivity contribution in [1.29, 1.82) is 5.26 Å². The summed E-state index contributed by atoms with van der Waals surface area (Å²) in [6, 6.07) is 4.71. The first kappa shape index (κ1) is 21.7. The van der Waals surface area contributed by atoms with E-state index in [9.17, 15) is 0 Å². The third-order valence-corrected chi connectivity index (χ3v) is 7.08. The van der Waals surface area contributed by atoms with Crippen molar-refractivity contribution in [1.82, 2.24) is 24.4 Å². The molecule has 5 rings (SSSR count). The van der Waals surface area contributed by atoms with Gasteiger partial charge in [0.15, 0.2) is 18.3 Å². The van der Waals surface area contributed by atoms with Crippen molar-refractivity contribution in [2.75, 3.05) is 19.6 Å². The first-order chi connectivity index (χ1) is 16.2. The van der Waals surface area contributed by atoms with E-state index in [0.29, 0.717) is 30.8 Å². The molecule has 4 heterocycles. The molecule has 0 spiro atoms. The molecule has 0 unspecified atom stereocenters. The highest BCUT2D eigenvalue weighted by atomic mass is 16.6. The summed E-state index contributed by atoms with van der Waals surface area (Å²) in [5, 5.41) is 14.3. The number of nitrogens with one attached hydrogen (secondary N) is 1. The van der Waals surface area contributed by atoms with E-state index in [1.807, 2.05) is 12.4 Å². The van der Waals surface area contributed by atoms with Crippen LogP contribution in [0.25, 0.3) is 22.1 Å². The summed E-state index contributed by atoms with van der Waals surface area (Å²) < 4.78 is 2.33. The number of nitrogens with two attached hydrogens (primary N) is 1. The van der Waals surface area contributed by atoms with Crippen molar-refractivity contribution < 1.29 is 4.84 Å². The van der Waals surface area contributed by atoms with E-state index in [4.69, 9.17) is 20.8 Å². The van der Waals surface area contributed by atoms with Gasteiger partial charge < -0.3 is 20.1 Å². The van der Waals surface area contributed by atoms with Crippen molar-refractivity contribution in [2.24, 2.45) is 16.8 Å². The number of nitrogens with zero attached hydrogens (tertiary/aromatic N) is 6. The standard InChI is InChI=1S/C24H32N8O/c25-10-8-17-4-6-18(7-5-17)32-22(16-33-30-21(26)15-31-12-2-1-3-13-31)29-20-14-28-24-19(23(20)32)9-11-27-24/h9,11,14,17-18H,1-8,12-13,15-16H2,(H2,26,30)(H,27,28). The molecular weight excluding hydrogens is 416 g/mol. The quantitative estimate of drug-likeness (QED) is 0.322. The van der Waals surface area contributed by atoms with Gasteiger partial charge in [0, 0.05) is 24.0 Å². The Morgan fingerprint density at radius 3 is 2.85 bits per heavy atom. The Kier molecular flexibility index (Phi) is 6.44. The minimum Gasteiger partial charge on any atom is -0.386 e. The van der Waals surface area contributed by atoms with Crippen LogP contribution in [0.5, 0.6) is 0 Å². The Labute approximate surface area is 193 Å². The number of amidine groups is 1. The molecule has 2 aliphatic rings. The van der Waals surface area contributed by atoms with Crippen LogP contribution >= 0.6 is 0 Å². The lowest BCUT2D eigenvalue weighted by atomic mass is 9.84. The van der Waals surface area contributed by atoms with Gasteiger partial charge in [0.05, 0.1) is 24.3 Å². The fraction of sp³-hybridized carbons (Fsp3) is 0.583. The van der Waals surface area contributed by atoms with Gasteiger partial charge in [-0.05, 0) is 63.6 Å². The van der Waals surface area contributed by atoms with Crippen LogP contribution in [0.2, 0.25) is 0 Å². The van der Waals surface area contributed by atoms with E-state index in [-0.39, 0.29) is 6.61 Å². The maximum absolute atomic E-state index is 9.08. The number of aromatic nitrogens is 4. The number of hydrogen-bond acceptors (Lipinski definition) is 6. The van der Waals surface area contributed by atoms with Crippen molar-refractivity contribution in [2.45, 2.75) is 64.0 Å². The molecule has 0 atom stereocenters. The summed E-state index contributed by atoms with van der Waals surface area (Å²) in [6.45, 7) is 3.05. The zero-order valence-electron chi connectivity index (χ0n) is 19.0. The summed E-state index contributed by atoms with van der Waals surface area (Å²) in [4.78, 5) is 20.6. The number of hydrogen-bond donors (Lipinski definition) is 2. The van der Waals surface area contributed by atoms with Gasteiger partial charge in [-0.15, -0.1) is 0 Å². The minimum absolute atomic E-state index is 0.263. The molecule has 1 aliphatic heterocycles. The largest absolute Gasteiger partial charge is 0.386 e. The molecule has 3 aromatic heterocycles. The summed E-state index contributed by atoms with van der Waals surface area (Å²) in [5.41, 5.74) is 8.96. The maximum atomic E-state index is 9.08. The number of aromatic amines is 1. The predicted molar refractivity (Wildman–Crippen MR) is 127 cm³/mol. The number of oxime groups is 1. The zero-order valence-corrected chi connectivity index (χ0v) is 19.0. The highest BCUT2D eigenvalue weighted by molar-refractivity contribution is 6.01. The van der Waals surface area contributed by atoms with E-state index >= 15 is 0 Å². The molecule has 33 heavy (non-hydrogen) atoms. The van der Waals surface area contributed by atoms with E-state index in [0.717, 1.165) is 66.7 Å². The second kappa shape index (κ2) is 9.79. The van der Waals surface area contributed by atoms with Crippen molar-refractivity contribution >= 4 is 27.9 Å². The lowest BCUT2D eigenvalue weighted by Crippen LogP contribution is -2.37. The molecule has 174 valence electrons. The summed E-state index contributed by atoms with van der Waals surface area (Å²) in [6.07, 6.45) is 12.3. The molecular formula is C24H32N8O. The molecule has 9 heteroatoms. The van der Waals surface area contributed by atoms with Crippen LogP contribution in [0, 0.1) is 17.2 Å². The number of pyridine rings is 1. The fourth-order valence-corrected chi connectivity index (χ4v) is 5.42. The normalized spacial score (nSPS) is 22.6. The van der Waals surface area contributed by atoms with E-state index < -0.39 is 0 Å². The van der Waals surface area contributed by atoms with Crippen LogP contribution in [-0.4, -0.2) is 49.9 Å². The van der Waals surface area contributed by atoms with Gasteiger partial charge in [0.1, 0.15) is 11.2 Å². The molecule has 2 fully saturated rings. The van der Waals surface area contributed by atoms with Crippen LogP contribution in [-0.2, 0) is 11.4 Å². The predicted octanol–water partition coefficient (Wildman–Crippen LogP) is 3.83. The Morgan fingerprint density at radius 2 is 2.06 bits per heavy atom. The molecule has 0 radical (unpaired) electrons. The number of H-pyrrole nitrogens is 1. The number of imidazole rings is 1. The summed E-state index contributed by atoms with van der Waals surface area (Å²) in [5.74, 6) is 1.85. The van der Waals surface area contributed by atoms with Crippen LogP contribution < -0.4 is 5.73 Å². The highest BCUT2D eigenvalue weighted by Gasteiger charge is 2.27. The first-order valence-corrected chi connectivity index (χ1v) is 12.1. The van der Waals surface area contributed by atoms with Gasteiger partial charge >= 0.3 is 0 Å². The van der Waals surface area contributed by atoms with Crippen LogP contribution in [0.15, 0.2) is 23.6 Å². The van der Waals surface area contributed by atoms with Gasteiger partial charge in [0.2, 0.25) is 0 Å². The van der Waals surface area contributed by atoms with E-state index in [1.54, 1.807) is 0 Å². The fourth-order valence-electron chi connectivity index (χ4n) is 5.42. The number of likely N-dealkylation sites (tertiary alicyclic amines) is 1. The summed E-state index contributed by atoms with van der Waals surface area (Å²) in [7, 11) is 0. The van der Waals surface area contributed by atoms with Gasteiger partial charge in [-0.25, -0.2) is 9.97 Å². The van der Waals surface area contributed by atoms with Crippen LogP contribution in [0.1, 0.15) is 63.2 Å². The van der Waals surface area contributed by atoms with Gasteiger partial charge in [-0.3, -0.25) is 4.90 Å². The smallest absolute Gasteiger partial charge is 0.174 e. The van der Waals surface area contributed by atoms with Crippen molar-refractivity contribution in [3.8, 4) is 6.07 Å². The Balaban J connectivity index is 1.38. The average Bonchev–Trinajstić information content (AvgIpc) is 3.45. The number of fused-ring (bicyclic) bond motifs is 3. The molecule has 0 amide bonds. The van der Waals surface area contributed by atoms with E-state index in [1.165, 1.54) is 19.3 Å². The van der Waals surface area contributed by atoms with Crippen molar-refractivity contribution in [3.63, 3.8) is 0 Å². The maximum Gasteiger partial charge on any atom is 0.174 e. The minimum atomic E-state index is 0.263. The number of nitriles is 1. The van der Waals surface area contributed by atoms with E-state index in [2.05, 4.69) is 36.7 Å². The van der Waals surface area contributed by atoms with Gasteiger partial charge in [-0.2, -0.15) is 5.26 Å². The summed E-state index contributed by atoms with van der Waals surface area (Å²) >= 11 is 0. The van der Waals surface area contributed by atoms with Crippen molar-refractivity contribution in [3.05, 3.63) is 24.3 Å². The second-order valence-corrected chi connectivity index (χ2v) is 9.36. The first-order valence-electron chi connectivity index (χ1n) is 12.1. The monoisotopic (exact) mass is 448 g/mol. The molecule has 1 aliphatic carbocycles. The van der Waals surface area contributed by atoms with Gasteiger partial charge in [0.25, 0.3) is 0 Å². The van der Waals surface area contributed by atoms with Crippen LogP contribution in [0.3, 0.4) is 0 Å². The lowest BCUT2D eigenvalue weighted by molar-refractivity contribution is 0.117. The SMILES string of the molecule is N#CCC1CCC(n2c(CO/N=C(/N)CN3CCCCC3)nc3cnc4[nH]ccc4c32)CC1. The second-order valence-electron chi connectivity index (χ2n) is 9.36. The molecule has 3 aromatic rings. The van der Waals surface area contributed by atoms with Crippen LogP contribution in [0.4, 0.5) is 0 Å².